The van der Waals surface area contributed by atoms with Crippen molar-refractivity contribution in [1.29, 1.82) is 0 Å². The van der Waals surface area contributed by atoms with Gasteiger partial charge in [0.05, 0.1) is 6.04 Å². The molecule has 21 heavy (non-hydrogen) atoms. The van der Waals surface area contributed by atoms with Crippen LogP contribution in [0.25, 0.3) is 0 Å². The molecule has 0 saturated heterocycles. The lowest BCUT2D eigenvalue weighted by Crippen LogP contribution is -2.56. The normalized spacial score (nSPS) is 14.1. The Bertz CT molecular complexity index is 265. The number of nitrogens with zero attached hydrogens (tertiary/aromatic N) is 1. The van der Waals surface area contributed by atoms with E-state index < -0.39 is 0 Å². The Balaban J connectivity index is 4.58. The third kappa shape index (κ3) is 10.7. The Morgan fingerprint density at radius 2 is 1.81 bits per heavy atom. The Morgan fingerprint density at radius 3 is 2.33 bits per heavy atom. The molecule has 0 aliphatic heterocycles. The number of hydrogen-bond donors (Lipinski definition) is 3. The number of thioether (sulfide) groups is 2. The van der Waals surface area contributed by atoms with Crippen molar-refractivity contribution in [3.8, 4) is 0 Å². The molecular weight excluding hydrogens is 318 g/mol. The third-order valence-electron chi connectivity index (χ3n) is 3.06. The standard InChI is InChI=1S/C15H31N3S3/c1-5-14(8-12-20-3)17-18(16-10-7-11-19)15(6-2)9-13-21-4/h5-6,14-17,19H,1-2,7-13H2,3-4H3/t14-,15-/m1/s1. The molecule has 0 spiro atoms. The SMILES string of the molecule is C=C[C@H](CCSC)NN(NCCCS)[C@H](C=C)CCSC. The molecule has 0 aliphatic rings. The number of hydrogen-bond acceptors (Lipinski definition) is 6. The van der Waals surface area contributed by atoms with Crippen LogP contribution in [0.2, 0.25) is 0 Å². The number of nitrogens with one attached hydrogen (secondary N) is 2. The summed E-state index contributed by atoms with van der Waals surface area (Å²) in [5.74, 6) is 3.13. The molecule has 0 aliphatic carbocycles. The third-order valence-corrected chi connectivity index (χ3v) is 4.67. The maximum absolute atomic E-state index is 4.27. The van der Waals surface area contributed by atoms with Crippen LogP contribution in [-0.4, -0.2) is 53.5 Å². The molecule has 0 radical (unpaired) electrons. The van der Waals surface area contributed by atoms with Gasteiger partial charge in [0.2, 0.25) is 0 Å². The van der Waals surface area contributed by atoms with Crippen molar-refractivity contribution in [1.82, 2.24) is 16.0 Å². The summed E-state index contributed by atoms with van der Waals surface area (Å²) in [6.07, 6.45) is 11.4. The first-order chi connectivity index (χ1) is 10.2. The topological polar surface area (TPSA) is 27.3 Å². The second-order valence-electron chi connectivity index (χ2n) is 4.69. The number of rotatable bonds is 15. The molecule has 0 fully saturated rings. The first-order valence-electron chi connectivity index (χ1n) is 7.36. The minimum atomic E-state index is 0.272. The van der Waals surface area contributed by atoms with Crippen LogP contribution in [0.5, 0.6) is 0 Å². The van der Waals surface area contributed by atoms with Gasteiger partial charge in [0.1, 0.15) is 0 Å². The zero-order chi connectivity index (χ0) is 15.9. The molecule has 0 aromatic heterocycles. The highest BCUT2D eigenvalue weighted by Crippen LogP contribution is 2.09. The first kappa shape index (κ1) is 21.4. The predicted molar refractivity (Wildman–Crippen MR) is 105 cm³/mol. The molecule has 0 aromatic rings. The van der Waals surface area contributed by atoms with E-state index in [4.69, 9.17) is 0 Å². The lowest BCUT2D eigenvalue weighted by Gasteiger charge is -2.33. The molecule has 124 valence electrons. The summed E-state index contributed by atoms with van der Waals surface area (Å²) < 4.78 is 0. The summed E-state index contributed by atoms with van der Waals surface area (Å²) >= 11 is 7.99. The lowest BCUT2D eigenvalue weighted by atomic mass is 10.2. The zero-order valence-corrected chi connectivity index (χ0v) is 15.9. The molecule has 0 saturated carbocycles. The Labute approximate surface area is 145 Å². The summed E-state index contributed by atoms with van der Waals surface area (Å²) in [5.41, 5.74) is 7.00. The van der Waals surface area contributed by atoms with Gasteiger partial charge in [0, 0.05) is 12.6 Å². The molecule has 0 heterocycles. The molecule has 0 amide bonds. The molecule has 2 N–H and O–H groups in total. The molecule has 3 nitrogen and oxygen atoms in total. The second kappa shape index (κ2) is 15.3. The molecule has 0 bridgehead atoms. The number of thiol groups is 1. The highest BCUT2D eigenvalue weighted by atomic mass is 32.2. The molecule has 0 unspecified atom stereocenters. The monoisotopic (exact) mass is 349 g/mol. The van der Waals surface area contributed by atoms with E-state index in [1.807, 2.05) is 35.7 Å². The van der Waals surface area contributed by atoms with Crippen LogP contribution in [0.1, 0.15) is 19.3 Å². The van der Waals surface area contributed by atoms with E-state index in [9.17, 15) is 0 Å². The summed E-state index contributed by atoms with van der Waals surface area (Å²) in [6, 6.07) is 0.548. The molecule has 0 aromatic carbocycles. The zero-order valence-electron chi connectivity index (χ0n) is 13.4. The summed E-state index contributed by atoms with van der Waals surface area (Å²) in [7, 11) is 0. The van der Waals surface area contributed by atoms with Gasteiger partial charge in [-0.3, -0.25) is 0 Å². The van der Waals surface area contributed by atoms with Crippen molar-refractivity contribution >= 4 is 36.2 Å². The van der Waals surface area contributed by atoms with Crippen LogP contribution in [0.15, 0.2) is 25.3 Å². The van der Waals surface area contributed by atoms with Crippen molar-refractivity contribution in [3.05, 3.63) is 25.3 Å². The quantitative estimate of drug-likeness (QED) is 0.183. The average molecular weight is 350 g/mol. The van der Waals surface area contributed by atoms with E-state index in [0.717, 1.165) is 43.1 Å². The van der Waals surface area contributed by atoms with Crippen LogP contribution in [0, 0.1) is 0 Å². The van der Waals surface area contributed by atoms with Gasteiger partial charge < -0.3 is 0 Å². The molecule has 0 rings (SSSR count). The largest absolute Gasteiger partial charge is 0.241 e. The number of hydrazine groups is 2. The van der Waals surface area contributed by atoms with E-state index in [1.54, 1.807) is 0 Å². The minimum absolute atomic E-state index is 0.272. The average Bonchev–Trinajstić information content (AvgIpc) is 2.51. The van der Waals surface area contributed by atoms with Crippen LogP contribution in [0.3, 0.4) is 0 Å². The summed E-state index contributed by atoms with van der Waals surface area (Å²) in [5, 5.41) is 2.11. The highest BCUT2D eigenvalue weighted by Gasteiger charge is 2.17. The van der Waals surface area contributed by atoms with Crippen molar-refractivity contribution < 1.29 is 0 Å². The van der Waals surface area contributed by atoms with Gasteiger partial charge in [-0.15, -0.1) is 13.2 Å². The first-order valence-corrected chi connectivity index (χ1v) is 10.8. The molecule has 2 atom stereocenters. The lowest BCUT2D eigenvalue weighted by molar-refractivity contribution is 0.0663. The minimum Gasteiger partial charge on any atom is -0.241 e. The van der Waals surface area contributed by atoms with E-state index in [2.05, 4.69) is 54.3 Å². The summed E-state index contributed by atoms with van der Waals surface area (Å²) in [6.45, 7) is 8.83. The van der Waals surface area contributed by atoms with Gasteiger partial charge in [-0.25, -0.2) is 10.9 Å². The van der Waals surface area contributed by atoms with Gasteiger partial charge in [0.15, 0.2) is 0 Å². The van der Waals surface area contributed by atoms with Crippen molar-refractivity contribution in [2.75, 3.05) is 36.3 Å². The predicted octanol–water partition coefficient (Wildman–Crippen LogP) is 3.23. The summed E-state index contributed by atoms with van der Waals surface area (Å²) in [4.78, 5) is 0. The van der Waals surface area contributed by atoms with Gasteiger partial charge >= 0.3 is 0 Å². The van der Waals surface area contributed by atoms with Gasteiger partial charge in [-0.2, -0.15) is 41.3 Å². The smallest absolute Gasteiger partial charge is 0.0585 e. The Kier molecular flexibility index (Phi) is 15.6. The Hall–Kier alpha value is 0.410. The van der Waals surface area contributed by atoms with E-state index >= 15 is 0 Å². The van der Waals surface area contributed by atoms with Crippen molar-refractivity contribution in [2.45, 2.75) is 31.3 Å². The Morgan fingerprint density at radius 1 is 1.14 bits per heavy atom. The van der Waals surface area contributed by atoms with E-state index in [-0.39, 0.29) is 12.1 Å². The fourth-order valence-electron chi connectivity index (χ4n) is 1.79. The van der Waals surface area contributed by atoms with Crippen LogP contribution >= 0.6 is 36.2 Å². The van der Waals surface area contributed by atoms with Crippen LogP contribution in [0.4, 0.5) is 0 Å². The fourth-order valence-corrected chi connectivity index (χ4v) is 2.91. The molecular formula is C15H31N3S3. The van der Waals surface area contributed by atoms with Crippen molar-refractivity contribution in [3.63, 3.8) is 0 Å². The highest BCUT2D eigenvalue weighted by molar-refractivity contribution is 7.98. The maximum atomic E-state index is 4.27. The molecule has 6 heteroatoms. The van der Waals surface area contributed by atoms with E-state index in [0.29, 0.717) is 0 Å². The van der Waals surface area contributed by atoms with Gasteiger partial charge in [-0.05, 0) is 49.0 Å². The van der Waals surface area contributed by atoms with E-state index in [1.165, 1.54) is 0 Å². The van der Waals surface area contributed by atoms with Gasteiger partial charge in [0.25, 0.3) is 0 Å². The maximum Gasteiger partial charge on any atom is 0.0585 e. The van der Waals surface area contributed by atoms with Crippen molar-refractivity contribution in [2.24, 2.45) is 0 Å². The van der Waals surface area contributed by atoms with Crippen LogP contribution in [-0.2, 0) is 0 Å². The van der Waals surface area contributed by atoms with Crippen LogP contribution < -0.4 is 10.9 Å². The fraction of sp³-hybridized carbons (Fsp3) is 0.733. The second-order valence-corrected chi connectivity index (χ2v) is 7.11. The van der Waals surface area contributed by atoms with Gasteiger partial charge in [-0.1, -0.05) is 12.2 Å².